The summed E-state index contributed by atoms with van der Waals surface area (Å²) in [5, 5.41) is 0. The molecule has 62 valence electrons. The highest BCUT2D eigenvalue weighted by atomic mass is 15.1. The highest BCUT2D eigenvalue weighted by Crippen LogP contribution is 2.15. The van der Waals surface area contributed by atoms with Gasteiger partial charge in [0.05, 0.1) is 18.7 Å². The minimum absolute atomic E-state index is 0.395. The van der Waals surface area contributed by atoms with Crippen LogP contribution in [-0.4, -0.2) is 9.55 Å². The maximum Gasteiger partial charge on any atom is 0.0960 e. The number of rotatable bonds is 1. The van der Waals surface area contributed by atoms with E-state index in [-0.39, 0.29) is 0 Å². The summed E-state index contributed by atoms with van der Waals surface area (Å²) in [4.78, 5) is 4.26. The molecule has 0 spiro atoms. The first-order valence-electron chi connectivity index (χ1n) is 4.61. The molecular formula is C10H12N2. The van der Waals surface area contributed by atoms with Crippen molar-refractivity contribution < 1.29 is 1.37 Å². The standard InChI is InChI=1S/C10H12N2/c1-8(2)12-7-11-9-5-3-4-6-10(9)12/h3-8H,1-2H3/i4T. The van der Waals surface area contributed by atoms with Crippen molar-refractivity contribution in [2.75, 3.05) is 0 Å². The van der Waals surface area contributed by atoms with Crippen molar-refractivity contribution in [3.63, 3.8) is 0 Å². The molecule has 2 heteroatoms. The van der Waals surface area contributed by atoms with Gasteiger partial charge in [-0.2, -0.15) is 0 Å². The molecule has 1 heterocycles. The molecule has 0 saturated carbocycles. The molecule has 2 aromatic rings. The first-order valence-corrected chi connectivity index (χ1v) is 4.11. The molecule has 0 bridgehead atoms. The van der Waals surface area contributed by atoms with Gasteiger partial charge >= 0.3 is 0 Å². The van der Waals surface area contributed by atoms with Gasteiger partial charge in [0, 0.05) is 6.04 Å². The Balaban J connectivity index is 2.71. The predicted molar refractivity (Wildman–Crippen MR) is 50.1 cm³/mol. The van der Waals surface area contributed by atoms with Crippen LogP contribution in [0.1, 0.15) is 21.3 Å². The summed E-state index contributed by atoms with van der Waals surface area (Å²) in [7, 11) is 0. The van der Waals surface area contributed by atoms with Gasteiger partial charge < -0.3 is 4.57 Å². The normalized spacial score (nSPS) is 12.4. The average Bonchev–Trinajstić information content (AvgIpc) is 2.46. The summed E-state index contributed by atoms with van der Waals surface area (Å²) in [5.41, 5.74) is 2.01. The Bertz CT molecular complexity index is 431. The third kappa shape index (κ3) is 0.998. The van der Waals surface area contributed by atoms with E-state index in [9.17, 15) is 0 Å². The van der Waals surface area contributed by atoms with E-state index in [1.54, 1.807) is 6.07 Å². The molecule has 0 aliphatic rings. The number of fused-ring (bicyclic) bond motifs is 1. The van der Waals surface area contributed by atoms with E-state index in [0.29, 0.717) is 12.1 Å². The fourth-order valence-corrected chi connectivity index (χ4v) is 1.33. The predicted octanol–water partition coefficient (Wildman–Crippen LogP) is 2.62. The molecule has 0 saturated heterocycles. The van der Waals surface area contributed by atoms with E-state index in [0.717, 1.165) is 11.0 Å². The number of hydrogen-bond donors (Lipinski definition) is 0. The minimum atomic E-state index is 0.395. The zero-order valence-electron chi connectivity index (χ0n) is 8.28. The Labute approximate surface area is 73.3 Å². The number of nitrogens with zero attached hydrogens (tertiary/aromatic N) is 2. The van der Waals surface area contributed by atoms with E-state index in [4.69, 9.17) is 1.37 Å². The maximum absolute atomic E-state index is 7.51. The van der Waals surface area contributed by atoms with Gasteiger partial charge in [0.15, 0.2) is 0 Å². The van der Waals surface area contributed by atoms with E-state index >= 15 is 0 Å². The van der Waals surface area contributed by atoms with E-state index in [2.05, 4.69) is 23.4 Å². The molecule has 1 aromatic heterocycles. The van der Waals surface area contributed by atoms with Crippen LogP contribution < -0.4 is 0 Å². The molecule has 1 aromatic carbocycles. The Kier molecular flexibility index (Phi) is 1.36. The summed E-state index contributed by atoms with van der Waals surface area (Å²) >= 11 is 0. The second-order valence-corrected chi connectivity index (χ2v) is 3.16. The molecule has 0 aliphatic carbocycles. The van der Waals surface area contributed by atoms with Gasteiger partial charge in [0.2, 0.25) is 0 Å². The van der Waals surface area contributed by atoms with Gasteiger partial charge in [0.1, 0.15) is 0 Å². The van der Waals surface area contributed by atoms with Crippen LogP contribution in [0.2, 0.25) is 0 Å². The third-order valence-corrected chi connectivity index (χ3v) is 1.98. The number of para-hydroxylation sites is 2. The van der Waals surface area contributed by atoms with Gasteiger partial charge in [-0.15, -0.1) is 0 Å². The van der Waals surface area contributed by atoms with Crippen LogP contribution in [0.5, 0.6) is 0 Å². The monoisotopic (exact) mass is 162 g/mol. The second-order valence-electron chi connectivity index (χ2n) is 3.16. The average molecular weight is 162 g/mol. The number of aromatic nitrogens is 2. The molecule has 0 N–H and O–H groups in total. The summed E-state index contributed by atoms with van der Waals surface area (Å²) < 4.78 is 9.59. The molecule has 2 nitrogen and oxygen atoms in total. The lowest BCUT2D eigenvalue weighted by Crippen LogP contribution is -1.97. The van der Waals surface area contributed by atoms with Gasteiger partial charge in [-0.1, -0.05) is 12.1 Å². The molecule has 0 unspecified atom stereocenters. The van der Waals surface area contributed by atoms with Crippen molar-refractivity contribution in [3.05, 3.63) is 30.6 Å². The molecule has 0 amide bonds. The molecule has 12 heavy (non-hydrogen) atoms. The van der Waals surface area contributed by atoms with Crippen molar-refractivity contribution in [2.45, 2.75) is 19.9 Å². The fourth-order valence-electron chi connectivity index (χ4n) is 1.33. The number of hydrogen-bond acceptors (Lipinski definition) is 1. The zero-order chi connectivity index (χ0) is 9.42. The van der Waals surface area contributed by atoms with Crippen molar-refractivity contribution in [2.24, 2.45) is 0 Å². The van der Waals surface area contributed by atoms with Gasteiger partial charge in [-0.05, 0) is 26.0 Å². The summed E-state index contributed by atoms with van der Waals surface area (Å²) in [5.74, 6) is 0. The maximum atomic E-state index is 7.51. The highest BCUT2D eigenvalue weighted by molar-refractivity contribution is 5.75. The van der Waals surface area contributed by atoms with Crippen molar-refractivity contribution >= 4 is 11.0 Å². The SMILES string of the molecule is [3H]c1ccc2ncn(C(C)C)c2c1. The molecule has 2 rings (SSSR count). The molecule has 0 radical (unpaired) electrons. The second kappa shape index (κ2) is 2.63. The lowest BCUT2D eigenvalue weighted by Gasteiger charge is -2.06. The first-order chi connectivity index (χ1) is 6.18. The molecule has 0 atom stereocenters. The van der Waals surface area contributed by atoms with Crippen LogP contribution in [0.25, 0.3) is 11.0 Å². The minimum Gasteiger partial charge on any atom is -0.328 e. The van der Waals surface area contributed by atoms with Crippen LogP contribution in [-0.2, 0) is 0 Å². The summed E-state index contributed by atoms with van der Waals surface area (Å²) in [6.07, 6.45) is 1.83. The Morgan fingerprint density at radius 1 is 1.50 bits per heavy atom. The number of benzene rings is 1. The fraction of sp³-hybridized carbons (Fsp3) is 0.300. The zero-order valence-corrected chi connectivity index (χ0v) is 7.28. The topological polar surface area (TPSA) is 17.8 Å². The Morgan fingerprint density at radius 3 is 3.08 bits per heavy atom. The van der Waals surface area contributed by atoms with E-state index in [1.165, 1.54) is 0 Å². The summed E-state index contributed by atoms with van der Waals surface area (Å²) in [6.45, 7) is 4.22. The third-order valence-electron chi connectivity index (χ3n) is 1.98. The van der Waals surface area contributed by atoms with Crippen molar-refractivity contribution in [1.29, 1.82) is 0 Å². The van der Waals surface area contributed by atoms with Crippen LogP contribution in [0.15, 0.2) is 30.6 Å². The van der Waals surface area contributed by atoms with Gasteiger partial charge in [0.25, 0.3) is 0 Å². The van der Waals surface area contributed by atoms with E-state index in [1.807, 2.05) is 18.5 Å². The van der Waals surface area contributed by atoms with Gasteiger partial charge in [-0.25, -0.2) is 4.98 Å². The molecule has 0 aliphatic heterocycles. The van der Waals surface area contributed by atoms with Crippen LogP contribution >= 0.6 is 0 Å². The van der Waals surface area contributed by atoms with Crippen molar-refractivity contribution in [3.8, 4) is 0 Å². The summed E-state index contributed by atoms with van der Waals surface area (Å²) in [6, 6.07) is 6.43. The highest BCUT2D eigenvalue weighted by Gasteiger charge is 2.02. The first kappa shape index (κ1) is 6.23. The molecule has 0 fully saturated rings. The smallest absolute Gasteiger partial charge is 0.0960 e. The van der Waals surface area contributed by atoms with Crippen LogP contribution in [0.4, 0.5) is 0 Å². The largest absolute Gasteiger partial charge is 0.328 e. The van der Waals surface area contributed by atoms with E-state index < -0.39 is 0 Å². The Hall–Kier alpha value is -1.31. The number of imidazole rings is 1. The lowest BCUT2D eigenvalue weighted by molar-refractivity contribution is 0.617. The van der Waals surface area contributed by atoms with Crippen LogP contribution in [0.3, 0.4) is 0 Å². The van der Waals surface area contributed by atoms with Crippen LogP contribution in [0, 0.1) is 0 Å². The molecular weight excluding hydrogens is 148 g/mol. The van der Waals surface area contributed by atoms with Gasteiger partial charge in [-0.3, -0.25) is 0 Å². The lowest BCUT2D eigenvalue weighted by atomic mass is 10.3. The Morgan fingerprint density at radius 2 is 2.33 bits per heavy atom. The quantitative estimate of drug-likeness (QED) is 0.630. The van der Waals surface area contributed by atoms with Crippen molar-refractivity contribution in [1.82, 2.24) is 9.55 Å².